The van der Waals surface area contributed by atoms with Crippen LogP contribution in [-0.2, 0) is 14.9 Å². The van der Waals surface area contributed by atoms with Crippen molar-refractivity contribution in [3.05, 3.63) is 59.7 Å². The van der Waals surface area contributed by atoms with Gasteiger partial charge in [0.15, 0.2) is 0 Å². The third-order valence-corrected chi connectivity index (χ3v) is 4.34. The minimum Gasteiger partial charge on any atom is -0.496 e. The van der Waals surface area contributed by atoms with Gasteiger partial charge in [-0.25, -0.2) is 17.9 Å². The van der Waals surface area contributed by atoms with Crippen molar-refractivity contribution in [3.8, 4) is 5.75 Å². The lowest BCUT2D eigenvalue weighted by molar-refractivity contribution is 0.158. The molecule has 2 aromatic rings. The summed E-state index contributed by atoms with van der Waals surface area (Å²) >= 11 is 0. The first kappa shape index (κ1) is 17.5. The van der Waals surface area contributed by atoms with Gasteiger partial charge in [0.25, 0.3) is 10.0 Å². The molecule has 0 heterocycles. The standard InChI is InChI=1S/C16H16N2O5S/c1-12-7-9-14(10-8-12)24(20,21)18-16(19)23-17-11-13-5-3-4-6-15(13)22-2/h3-11H,1-2H3,(H,18,19)/b17-11+. The third-order valence-electron chi connectivity index (χ3n) is 3.02. The highest BCUT2D eigenvalue weighted by molar-refractivity contribution is 7.90. The smallest absolute Gasteiger partial charge is 0.447 e. The first-order valence-corrected chi connectivity index (χ1v) is 8.37. The lowest BCUT2D eigenvalue weighted by Gasteiger charge is -2.05. The van der Waals surface area contributed by atoms with Crippen molar-refractivity contribution in [2.75, 3.05) is 7.11 Å². The fourth-order valence-corrected chi connectivity index (χ4v) is 2.68. The summed E-state index contributed by atoms with van der Waals surface area (Å²) in [5.74, 6) is 0.539. The molecule has 8 heteroatoms. The van der Waals surface area contributed by atoms with E-state index in [-0.39, 0.29) is 4.90 Å². The molecule has 7 nitrogen and oxygen atoms in total. The number of ether oxygens (including phenoxy) is 1. The summed E-state index contributed by atoms with van der Waals surface area (Å²) in [6, 6.07) is 13.0. The van der Waals surface area contributed by atoms with Crippen LogP contribution in [-0.4, -0.2) is 27.8 Å². The van der Waals surface area contributed by atoms with Gasteiger partial charge in [-0.1, -0.05) is 35.0 Å². The fraction of sp³-hybridized carbons (Fsp3) is 0.125. The number of sulfonamides is 1. The highest BCUT2D eigenvalue weighted by Gasteiger charge is 2.18. The number of nitrogens with one attached hydrogen (secondary N) is 1. The zero-order chi connectivity index (χ0) is 17.6. The van der Waals surface area contributed by atoms with Crippen LogP contribution in [0.5, 0.6) is 5.75 Å². The maximum absolute atomic E-state index is 12.0. The van der Waals surface area contributed by atoms with Gasteiger partial charge >= 0.3 is 6.09 Å². The van der Waals surface area contributed by atoms with Crippen LogP contribution in [0.4, 0.5) is 4.79 Å². The van der Waals surface area contributed by atoms with E-state index in [1.807, 2.05) is 6.92 Å². The van der Waals surface area contributed by atoms with Gasteiger partial charge in [-0.05, 0) is 31.2 Å². The van der Waals surface area contributed by atoms with Crippen LogP contribution in [0, 0.1) is 6.92 Å². The van der Waals surface area contributed by atoms with Gasteiger partial charge in [0, 0.05) is 5.56 Å². The Balaban J connectivity index is 2.00. The van der Waals surface area contributed by atoms with Crippen molar-refractivity contribution in [2.45, 2.75) is 11.8 Å². The predicted molar refractivity (Wildman–Crippen MR) is 88.6 cm³/mol. The first-order chi connectivity index (χ1) is 11.4. The van der Waals surface area contributed by atoms with Crippen LogP contribution < -0.4 is 9.46 Å². The van der Waals surface area contributed by atoms with Gasteiger partial charge < -0.3 is 4.74 Å². The molecule has 0 atom stereocenters. The lowest BCUT2D eigenvalue weighted by atomic mass is 10.2. The molecule has 1 N–H and O–H groups in total. The molecule has 24 heavy (non-hydrogen) atoms. The summed E-state index contributed by atoms with van der Waals surface area (Å²) < 4.78 is 30.9. The number of hydrogen-bond donors (Lipinski definition) is 1. The monoisotopic (exact) mass is 348 g/mol. The number of amides is 1. The molecule has 0 aliphatic carbocycles. The number of carbonyl (C=O) groups is 1. The normalized spacial score (nSPS) is 11.2. The minimum atomic E-state index is -4.01. The van der Waals surface area contributed by atoms with Gasteiger partial charge in [0.05, 0.1) is 18.2 Å². The Hall–Kier alpha value is -2.87. The van der Waals surface area contributed by atoms with E-state index in [1.54, 1.807) is 41.1 Å². The van der Waals surface area contributed by atoms with Crippen molar-refractivity contribution in [3.63, 3.8) is 0 Å². The van der Waals surface area contributed by atoms with E-state index in [2.05, 4.69) is 9.99 Å². The molecule has 0 aliphatic rings. The predicted octanol–water partition coefficient (Wildman–Crippen LogP) is 2.45. The number of oxime groups is 1. The SMILES string of the molecule is COc1ccccc1/C=N/OC(=O)NS(=O)(=O)c1ccc(C)cc1. The number of nitrogens with zero attached hydrogens (tertiary/aromatic N) is 1. The number of rotatable bonds is 5. The minimum absolute atomic E-state index is 0.0428. The number of para-hydroxylation sites is 1. The zero-order valence-corrected chi connectivity index (χ0v) is 13.9. The molecule has 0 aromatic heterocycles. The van der Waals surface area contributed by atoms with E-state index in [1.165, 1.54) is 25.5 Å². The maximum Gasteiger partial charge on any atom is 0.447 e. The molecular weight excluding hydrogens is 332 g/mol. The highest BCUT2D eigenvalue weighted by atomic mass is 32.2. The van der Waals surface area contributed by atoms with Crippen molar-refractivity contribution < 1.29 is 22.8 Å². The summed E-state index contributed by atoms with van der Waals surface area (Å²) in [6.07, 6.45) is 0.0402. The number of aryl methyl sites for hydroxylation is 1. The second-order valence-electron chi connectivity index (χ2n) is 4.77. The molecule has 0 fully saturated rings. The Morgan fingerprint density at radius 1 is 1.12 bits per heavy atom. The number of hydrogen-bond acceptors (Lipinski definition) is 6. The summed E-state index contributed by atoms with van der Waals surface area (Å²) in [6.45, 7) is 1.82. The quantitative estimate of drug-likeness (QED) is 0.509. The van der Waals surface area contributed by atoms with Crippen LogP contribution in [0.3, 0.4) is 0 Å². The Labute approximate surface area is 139 Å². The molecule has 0 saturated heterocycles. The third kappa shape index (κ3) is 4.56. The Bertz CT molecular complexity index is 845. The Kier molecular flexibility index (Phi) is 5.54. The van der Waals surface area contributed by atoms with E-state index in [0.717, 1.165) is 5.56 Å². The van der Waals surface area contributed by atoms with Crippen molar-refractivity contribution >= 4 is 22.3 Å². The Morgan fingerprint density at radius 3 is 2.46 bits per heavy atom. The molecule has 0 radical (unpaired) electrons. The average molecular weight is 348 g/mol. The number of benzene rings is 2. The maximum atomic E-state index is 12.0. The molecule has 0 bridgehead atoms. The number of carbonyl (C=O) groups excluding carboxylic acids is 1. The molecule has 2 rings (SSSR count). The molecule has 0 unspecified atom stereocenters. The van der Waals surface area contributed by atoms with Crippen LogP contribution in [0.1, 0.15) is 11.1 Å². The summed E-state index contributed by atoms with van der Waals surface area (Å²) in [5.41, 5.74) is 1.48. The zero-order valence-electron chi connectivity index (χ0n) is 13.1. The van der Waals surface area contributed by atoms with Crippen molar-refractivity contribution in [2.24, 2.45) is 5.16 Å². The van der Waals surface area contributed by atoms with E-state index in [9.17, 15) is 13.2 Å². The average Bonchev–Trinajstić information content (AvgIpc) is 2.55. The van der Waals surface area contributed by atoms with Gasteiger partial charge in [-0.2, -0.15) is 0 Å². The lowest BCUT2D eigenvalue weighted by Crippen LogP contribution is -2.30. The fourth-order valence-electron chi connectivity index (χ4n) is 1.81. The number of methoxy groups -OCH3 is 1. The van der Waals surface area contributed by atoms with E-state index in [4.69, 9.17) is 4.74 Å². The van der Waals surface area contributed by atoms with E-state index < -0.39 is 16.1 Å². The second kappa shape index (κ2) is 7.60. The molecule has 0 spiro atoms. The van der Waals surface area contributed by atoms with Crippen LogP contribution in [0.15, 0.2) is 58.6 Å². The van der Waals surface area contributed by atoms with Crippen LogP contribution >= 0.6 is 0 Å². The van der Waals surface area contributed by atoms with Gasteiger partial charge in [0.2, 0.25) is 0 Å². The van der Waals surface area contributed by atoms with Gasteiger partial charge in [0.1, 0.15) is 5.75 Å². The summed E-state index contributed by atoms with van der Waals surface area (Å²) in [5, 5.41) is 3.46. The largest absolute Gasteiger partial charge is 0.496 e. The van der Waals surface area contributed by atoms with Crippen LogP contribution in [0.2, 0.25) is 0 Å². The van der Waals surface area contributed by atoms with E-state index >= 15 is 0 Å². The van der Waals surface area contributed by atoms with Crippen molar-refractivity contribution in [1.29, 1.82) is 0 Å². The molecule has 0 saturated carbocycles. The van der Waals surface area contributed by atoms with Gasteiger partial charge in [-0.15, -0.1) is 0 Å². The highest BCUT2D eigenvalue weighted by Crippen LogP contribution is 2.14. The first-order valence-electron chi connectivity index (χ1n) is 6.89. The molecule has 0 aliphatic heterocycles. The van der Waals surface area contributed by atoms with Crippen LogP contribution in [0.25, 0.3) is 0 Å². The van der Waals surface area contributed by atoms with Gasteiger partial charge in [-0.3, -0.25) is 4.84 Å². The summed E-state index contributed by atoms with van der Waals surface area (Å²) in [7, 11) is -2.51. The molecular formula is C16H16N2O5S. The summed E-state index contributed by atoms with van der Waals surface area (Å²) in [4.78, 5) is 16.1. The molecule has 1 amide bonds. The Morgan fingerprint density at radius 2 is 1.79 bits per heavy atom. The van der Waals surface area contributed by atoms with Crippen molar-refractivity contribution in [1.82, 2.24) is 4.72 Å². The molecule has 126 valence electrons. The molecule has 2 aromatic carbocycles. The second-order valence-corrected chi connectivity index (χ2v) is 6.46. The topological polar surface area (TPSA) is 94.1 Å². The van der Waals surface area contributed by atoms with E-state index in [0.29, 0.717) is 11.3 Å².